The summed E-state index contributed by atoms with van der Waals surface area (Å²) in [5.74, 6) is 1.37. The number of aliphatic hydroxyl groups is 1. The number of pyridine rings is 1. The van der Waals surface area contributed by atoms with Crippen molar-refractivity contribution in [1.29, 1.82) is 0 Å². The molecule has 1 saturated heterocycles. The molecule has 1 N–H and O–H groups in total. The van der Waals surface area contributed by atoms with E-state index in [0.29, 0.717) is 12.4 Å². The Balaban J connectivity index is 1.81. The molecule has 2 aromatic heterocycles. The van der Waals surface area contributed by atoms with Crippen LogP contribution >= 0.6 is 0 Å². The molecule has 32 heavy (non-hydrogen) atoms. The molecule has 3 aromatic rings. The summed E-state index contributed by atoms with van der Waals surface area (Å²) in [5, 5.41) is 14.8. The van der Waals surface area contributed by atoms with Gasteiger partial charge in [0.05, 0.1) is 11.8 Å². The van der Waals surface area contributed by atoms with Crippen molar-refractivity contribution >= 4 is 5.69 Å². The zero-order chi connectivity index (χ0) is 22.7. The first-order valence-electron chi connectivity index (χ1n) is 11.6. The summed E-state index contributed by atoms with van der Waals surface area (Å²) in [6, 6.07) is 10.4. The lowest BCUT2D eigenvalue weighted by atomic mass is 10.1. The van der Waals surface area contributed by atoms with Crippen LogP contribution in [0.15, 0.2) is 36.5 Å². The number of benzene rings is 1. The second-order valence-corrected chi connectivity index (χ2v) is 8.36. The summed E-state index contributed by atoms with van der Waals surface area (Å²) >= 11 is 0. The summed E-state index contributed by atoms with van der Waals surface area (Å²) in [7, 11) is 0. The van der Waals surface area contributed by atoms with Gasteiger partial charge in [0.25, 0.3) is 0 Å². The number of nitrogens with zero attached hydrogens (tertiary/aromatic N) is 5. The van der Waals surface area contributed by atoms with Gasteiger partial charge in [-0.05, 0) is 63.3 Å². The number of hydrogen-bond donors (Lipinski definition) is 1. The number of aromatic nitrogens is 4. The summed E-state index contributed by atoms with van der Waals surface area (Å²) in [6.07, 6.45) is 3.89. The molecule has 0 amide bonds. The smallest absolute Gasteiger partial charge is 0.182 e. The van der Waals surface area contributed by atoms with E-state index < -0.39 is 0 Å². The predicted octanol–water partition coefficient (Wildman–Crippen LogP) is 4.26. The predicted molar refractivity (Wildman–Crippen MR) is 126 cm³/mol. The van der Waals surface area contributed by atoms with Crippen molar-refractivity contribution in [3.05, 3.63) is 53.5 Å². The Labute approximate surface area is 190 Å². The van der Waals surface area contributed by atoms with E-state index in [2.05, 4.69) is 48.0 Å². The van der Waals surface area contributed by atoms with Crippen LogP contribution in [0, 0.1) is 6.92 Å². The normalized spacial score (nSPS) is 15.8. The Morgan fingerprint density at radius 2 is 1.97 bits per heavy atom. The number of para-hydroxylation sites is 1. The zero-order valence-electron chi connectivity index (χ0n) is 19.5. The van der Waals surface area contributed by atoms with Gasteiger partial charge in [-0.15, -0.1) is 5.10 Å². The number of aryl methyl sites for hydroxylation is 2. The number of ether oxygens (including phenoxy) is 1. The van der Waals surface area contributed by atoms with Gasteiger partial charge in [-0.3, -0.25) is 4.98 Å². The molecular formula is C25H33N5O2. The Hall–Kier alpha value is -2.77. The maximum atomic E-state index is 9.87. The SMILES string of the molecule is CCOC(C)c1nc(-c2cc(N3CCC(O)CC3)ccn2)n(-c2c(C)cccc2CC)n1. The van der Waals surface area contributed by atoms with Gasteiger partial charge < -0.3 is 14.7 Å². The average molecular weight is 436 g/mol. The molecule has 1 unspecified atom stereocenters. The van der Waals surface area contributed by atoms with Crippen molar-refractivity contribution in [1.82, 2.24) is 19.7 Å². The van der Waals surface area contributed by atoms with Gasteiger partial charge in [-0.2, -0.15) is 0 Å². The van der Waals surface area contributed by atoms with Crippen LogP contribution in [0.25, 0.3) is 17.2 Å². The highest BCUT2D eigenvalue weighted by Crippen LogP contribution is 2.29. The van der Waals surface area contributed by atoms with E-state index in [9.17, 15) is 5.11 Å². The highest BCUT2D eigenvalue weighted by Gasteiger charge is 2.23. The van der Waals surface area contributed by atoms with E-state index in [1.807, 2.05) is 30.8 Å². The third kappa shape index (κ3) is 4.54. The third-order valence-corrected chi connectivity index (χ3v) is 6.12. The molecule has 7 nitrogen and oxygen atoms in total. The van der Waals surface area contributed by atoms with E-state index in [1.54, 1.807) is 0 Å². The van der Waals surface area contributed by atoms with Gasteiger partial charge >= 0.3 is 0 Å². The van der Waals surface area contributed by atoms with Gasteiger partial charge in [0.2, 0.25) is 0 Å². The molecule has 4 rings (SSSR count). The Morgan fingerprint density at radius 3 is 2.69 bits per heavy atom. The lowest BCUT2D eigenvalue weighted by Crippen LogP contribution is -2.35. The van der Waals surface area contributed by atoms with Crippen LogP contribution in [0.5, 0.6) is 0 Å². The van der Waals surface area contributed by atoms with Crippen molar-refractivity contribution < 1.29 is 9.84 Å². The van der Waals surface area contributed by atoms with Crippen LogP contribution in [-0.4, -0.2) is 50.7 Å². The van der Waals surface area contributed by atoms with Gasteiger partial charge in [-0.1, -0.05) is 25.1 Å². The van der Waals surface area contributed by atoms with Gasteiger partial charge in [0, 0.05) is 31.6 Å². The van der Waals surface area contributed by atoms with Crippen LogP contribution in [0.1, 0.15) is 56.7 Å². The largest absolute Gasteiger partial charge is 0.393 e. The summed E-state index contributed by atoms with van der Waals surface area (Å²) in [4.78, 5) is 11.9. The van der Waals surface area contributed by atoms with Gasteiger partial charge in [-0.25, -0.2) is 9.67 Å². The Morgan fingerprint density at radius 1 is 1.19 bits per heavy atom. The average Bonchev–Trinajstić information content (AvgIpc) is 3.25. The first-order valence-corrected chi connectivity index (χ1v) is 11.6. The molecule has 1 aromatic carbocycles. The minimum Gasteiger partial charge on any atom is -0.393 e. The molecule has 1 fully saturated rings. The number of anilines is 1. The second kappa shape index (κ2) is 9.79. The first-order chi connectivity index (χ1) is 15.5. The molecule has 1 atom stereocenters. The standard InChI is InChI=1S/C25H33N5O2/c1-5-19-9-7-8-17(3)23(19)30-25(27-24(28-30)18(4)32-6-2)22-16-20(10-13-26-22)29-14-11-21(31)12-15-29/h7-10,13,16,18,21,31H,5-6,11-12,14-15H2,1-4H3. The number of rotatable bonds is 7. The fraction of sp³-hybridized carbons (Fsp3) is 0.480. The van der Waals surface area contributed by atoms with Crippen molar-refractivity contribution in [2.75, 3.05) is 24.6 Å². The lowest BCUT2D eigenvalue weighted by molar-refractivity contribution is 0.0701. The summed E-state index contributed by atoms with van der Waals surface area (Å²) in [5.41, 5.74) is 5.29. The summed E-state index contributed by atoms with van der Waals surface area (Å²) in [6.45, 7) is 10.5. The van der Waals surface area contributed by atoms with Crippen LogP contribution in [-0.2, 0) is 11.2 Å². The van der Waals surface area contributed by atoms with Crippen molar-refractivity contribution in [2.45, 2.75) is 59.2 Å². The maximum absolute atomic E-state index is 9.87. The summed E-state index contributed by atoms with van der Waals surface area (Å²) < 4.78 is 7.73. The van der Waals surface area contributed by atoms with Crippen LogP contribution in [0.2, 0.25) is 0 Å². The highest BCUT2D eigenvalue weighted by atomic mass is 16.5. The molecule has 1 aliphatic rings. The minimum atomic E-state index is -0.208. The maximum Gasteiger partial charge on any atom is 0.182 e. The molecule has 170 valence electrons. The molecule has 3 heterocycles. The van der Waals surface area contributed by atoms with Crippen LogP contribution in [0.4, 0.5) is 5.69 Å². The molecular weight excluding hydrogens is 402 g/mol. The molecule has 7 heteroatoms. The number of aliphatic hydroxyl groups excluding tert-OH is 1. The van der Waals surface area contributed by atoms with Crippen LogP contribution in [0.3, 0.4) is 0 Å². The van der Waals surface area contributed by atoms with E-state index >= 15 is 0 Å². The molecule has 0 aliphatic carbocycles. The van der Waals surface area contributed by atoms with E-state index in [-0.39, 0.29) is 12.2 Å². The van der Waals surface area contributed by atoms with E-state index in [0.717, 1.165) is 60.8 Å². The number of piperidine rings is 1. The van der Waals surface area contributed by atoms with Gasteiger partial charge in [0.15, 0.2) is 11.6 Å². The Bertz CT molecular complexity index is 1060. The fourth-order valence-corrected chi connectivity index (χ4v) is 4.32. The number of hydrogen-bond acceptors (Lipinski definition) is 6. The van der Waals surface area contributed by atoms with Crippen molar-refractivity contribution in [3.8, 4) is 17.2 Å². The monoisotopic (exact) mass is 435 g/mol. The van der Waals surface area contributed by atoms with Crippen molar-refractivity contribution in [2.24, 2.45) is 0 Å². The van der Waals surface area contributed by atoms with E-state index in [1.165, 1.54) is 5.56 Å². The third-order valence-electron chi connectivity index (χ3n) is 6.12. The topological polar surface area (TPSA) is 76.3 Å². The van der Waals surface area contributed by atoms with Crippen molar-refractivity contribution in [3.63, 3.8) is 0 Å². The quantitative estimate of drug-likeness (QED) is 0.598. The molecule has 0 saturated carbocycles. The molecule has 0 spiro atoms. The minimum absolute atomic E-state index is 0.202. The van der Waals surface area contributed by atoms with E-state index in [4.69, 9.17) is 14.8 Å². The molecule has 0 radical (unpaired) electrons. The zero-order valence-corrected chi connectivity index (χ0v) is 19.5. The second-order valence-electron chi connectivity index (χ2n) is 8.36. The first kappa shape index (κ1) is 22.4. The van der Waals surface area contributed by atoms with Gasteiger partial charge in [0.1, 0.15) is 11.8 Å². The molecule has 1 aliphatic heterocycles. The van der Waals surface area contributed by atoms with Crippen LogP contribution < -0.4 is 4.90 Å². The Kier molecular flexibility index (Phi) is 6.86. The lowest BCUT2D eigenvalue weighted by Gasteiger charge is -2.31. The highest BCUT2D eigenvalue weighted by molar-refractivity contribution is 5.62. The fourth-order valence-electron chi connectivity index (χ4n) is 4.32. The molecule has 0 bridgehead atoms.